The van der Waals surface area contributed by atoms with E-state index in [2.05, 4.69) is 20.1 Å². The lowest BCUT2D eigenvalue weighted by atomic mass is 10.1. The summed E-state index contributed by atoms with van der Waals surface area (Å²) in [6, 6.07) is -0.268. The number of imide groups is 1. The number of urea groups is 1. The fourth-order valence-electron chi connectivity index (χ4n) is 3.23. The molecule has 0 saturated carbocycles. The van der Waals surface area contributed by atoms with Gasteiger partial charge in [-0.25, -0.2) is 9.78 Å². The highest BCUT2D eigenvalue weighted by molar-refractivity contribution is 7.13. The van der Waals surface area contributed by atoms with Crippen LogP contribution in [0.5, 0.6) is 0 Å². The number of nitrogens with zero attached hydrogens (tertiary/aromatic N) is 4. The molecule has 0 aromatic carbocycles. The molecule has 3 amide bonds. The van der Waals surface area contributed by atoms with Crippen LogP contribution in [0.1, 0.15) is 26.7 Å². The van der Waals surface area contributed by atoms with Gasteiger partial charge in [0.2, 0.25) is 0 Å². The Hall–Kier alpha value is -1.67. The van der Waals surface area contributed by atoms with E-state index < -0.39 is 5.54 Å². The normalized spacial score (nSPS) is 21.9. The maximum absolute atomic E-state index is 12.2. The van der Waals surface area contributed by atoms with Crippen LogP contribution in [0.25, 0.3) is 0 Å². The topological polar surface area (TPSA) is 68.8 Å². The molecule has 2 aliphatic rings. The Kier molecular flexibility index (Phi) is 5.05. The molecule has 1 aromatic heterocycles. The third-order valence-corrected chi connectivity index (χ3v) is 5.41. The lowest BCUT2D eigenvalue weighted by molar-refractivity contribution is -0.130. The molecule has 132 valence electrons. The molecule has 2 fully saturated rings. The van der Waals surface area contributed by atoms with Crippen LogP contribution < -0.4 is 10.2 Å². The summed E-state index contributed by atoms with van der Waals surface area (Å²) in [6.07, 6.45) is 3.77. The number of nitrogens with one attached hydrogen (secondary N) is 1. The second kappa shape index (κ2) is 7.06. The lowest BCUT2D eigenvalue weighted by Gasteiger charge is -2.22. The number of hydrogen-bond acceptors (Lipinski definition) is 6. The number of rotatable bonds is 5. The molecule has 24 heavy (non-hydrogen) atoms. The minimum absolute atomic E-state index is 0.127. The maximum Gasteiger partial charge on any atom is 0.325 e. The van der Waals surface area contributed by atoms with Gasteiger partial charge in [-0.1, -0.05) is 0 Å². The van der Waals surface area contributed by atoms with Crippen LogP contribution >= 0.6 is 11.3 Å². The summed E-state index contributed by atoms with van der Waals surface area (Å²) in [6.45, 7) is 8.93. The van der Waals surface area contributed by atoms with Gasteiger partial charge in [-0.3, -0.25) is 9.69 Å². The molecule has 0 aliphatic carbocycles. The molecule has 0 atom stereocenters. The first-order chi connectivity index (χ1) is 11.5. The average Bonchev–Trinajstić information content (AvgIpc) is 3.04. The standard InChI is InChI=1S/C16H25N5O2S/c1-16(2)13(22)21(14(23)18-16)9-4-7-19-6-3-8-20(11-10-19)15-17-5-12-24-15/h5,12H,3-4,6-11H2,1-2H3,(H,18,23). The highest BCUT2D eigenvalue weighted by Crippen LogP contribution is 2.19. The van der Waals surface area contributed by atoms with Crippen molar-refractivity contribution in [2.75, 3.05) is 44.2 Å². The van der Waals surface area contributed by atoms with Crippen molar-refractivity contribution in [3.8, 4) is 0 Å². The Morgan fingerprint density at radius 3 is 2.71 bits per heavy atom. The van der Waals surface area contributed by atoms with Crippen LogP contribution in [-0.4, -0.2) is 71.5 Å². The van der Waals surface area contributed by atoms with Gasteiger partial charge in [0.05, 0.1) is 0 Å². The van der Waals surface area contributed by atoms with Crippen molar-refractivity contribution < 1.29 is 9.59 Å². The molecule has 7 nitrogen and oxygen atoms in total. The number of amides is 3. The summed E-state index contributed by atoms with van der Waals surface area (Å²) < 4.78 is 0. The molecular weight excluding hydrogens is 326 g/mol. The first kappa shape index (κ1) is 17.2. The van der Waals surface area contributed by atoms with E-state index in [1.807, 2.05) is 11.6 Å². The predicted molar refractivity (Wildman–Crippen MR) is 94.3 cm³/mol. The Morgan fingerprint density at radius 1 is 1.21 bits per heavy atom. The molecule has 0 spiro atoms. The summed E-state index contributed by atoms with van der Waals surface area (Å²) in [4.78, 5) is 34.5. The minimum Gasteiger partial charge on any atom is -0.347 e. The molecule has 2 aliphatic heterocycles. The van der Waals surface area contributed by atoms with Gasteiger partial charge in [-0.05, 0) is 39.8 Å². The van der Waals surface area contributed by atoms with Crippen molar-refractivity contribution in [1.82, 2.24) is 20.1 Å². The summed E-state index contributed by atoms with van der Waals surface area (Å²) in [5.74, 6) is -0.127. The number of carbonyl (C=O) groups excluding carboxylic acids is 2. The van der Waals surface area contributed by atoms with Crippen LogP contribution in [0.2, 0.25) is 0 Å². The molecule has 0 bridgehead atoms. The molecule has 2 saturated heterocycles. The van der Waals surface area contributed by atoms with E-state index in [0.29, 0.717) is 6.54 Å². The molecule has 1 aromatic rings. The predicted octanol–water partition coefficient (Wildman–Crippen LogP) is 1.38. The van der Waals surface area contributed by atoms with Gasteiger partial charge in [0.25, 0.3) is 5.91 Å². The van der Waals surface area contributed by atoms with Crippen molar-refractivity contribution >= 4 is 28.4 Å². The molecule has 0 unspecified atom stereocenters. The average molecular weight is 351 g/mol. The fourth-order valence-corrected chi connectivity index (χ4v) is 3.93. The zero-order valence-corrected chi connectivity index (χ0v) is 15.1. The maximum atomic E-state index is 12.2. The molecular formula is C16H25N5O2S. The first-order valence-corrected chi connectivity index (χ1v) is 9.36. The van der Waals surface area contributed by atoms with Crippen molar-refractivity contribution in [2.24, 2.45) is 0 Å². The number of aromatic nitrogens is 1. The van der Waals surface area contributed by atoms with Crippen LogP contribution in [0.3, 0.4) is 0 Å². The summed E-state index contributed by atoms with van der Waals surface area (Å²) in [7, 11) is 0. The number of thiazole rings is 1. The molecule has 8 heteroatoms. The van der Waals surface area contributed by atoms with E-state index in [1.54, 1.807) is 25.2 Å². The summed E-state index contributed by atoms with van der Waals surface area (Å²) >= 11 is 1.68. The molecule has 3 heterocycles. The number of anilines is 1. The van der Waals surface area contributed by atoms with Gasteiger partial charge >= 0.3 is 6.03 Å². The smallest absolute Gasteiger partial charge is 0.325 e. The largest absolute Gasteiger partial charge is 0.347 e. The van der Waals surface area contributed by atoms with Gasteiger partial charge in [0, 0.05) is 37.8 Å². The van der Waals surface area contributed by atoms with Gasteiger partial charge in [0.15, 0.2) is 5.13 Å². The third kappa shape index (κ3) is 3.70. The van der Waals surface area contributed by atoms with E-state index in [0.717, 1.165) is 50.7 Å². The van der Waals surface area contributed by atoms with E-state index >= 15 is 0 Å². The second-order valence-electron chi connectivity index (χ2n) is 6.86. The quantitative estimate of drug-likeness (QED) is 0.812. The van der Waals surface area contributed by atoms with E-state index in [4.69, 9.17) is 0 Å². The van der Waals surface area contributed by atoms with Crippen molar-refractivity contribution in [2.45, 2.75) is 32.2 Å². The fraction of sp³-hybridized carbons (Fsp3) is 0.688. The number of carbonyl (C=O) groups is 2. The highest BCUT2D eigenvalue weighted by Gasteiger charge is 2.43. The van der Waals surface area contributed by atoms with Gasteiger partial charge in [-0.15, -0.1) is 11.3 Å². The van der Waals surface area contributed by atoms with Crippen molar-refractivity contribution in [1.29, 1.82) is 0 Å². The second-order valence-corrected chi connectivity index (χ2v) is 7.74. The third-order valence-electron chi connectivity index (χ3n) is 4.58. The SMILES string of the molecule is CC1(C)NC(=O)N(CCCN2CCCN(c3nccs3)CC2)C1=O. The summed E-state index contributed by atoms with van der Waals surface area (Å²) in [5.41, 5.74) is -0.770. The van der Waals surface area contributed by atoms with Crippen LogP contribution in [-0.2, 0) is 4.79 Å². The van der Waals surface area contributed by atoms with Crippen molar-refractivity contribution in [3.63, 3.8) is 0 Å². The lowest BCUT2D eigenvalue weighted by Crippen LogP contribution is -2.40. The zero-order chi connectivity index (χ0) is 17.2. The Morgan fingerprint density at radius 2 is 2.04 bits per heavy atom. The minimum atomic E-state index is -0.770. The Labute approximate surface area is 146 Å². The monoisotopic (exact) mass is 351 g/mol. The van der Waals surface area contributed by atoms with Crippen LogP contribution in [0.15, 0.2) is 11.6 Å². The Balaban J connectivity index is 1.44. The van der Waals surface area contributed by atoms with Crippen molar-refractivity contribution in [3.05, 3.63) is 11.6 Å². The summed E-state index contributed by atoms with van der Waals surface area (Å²) in [5, 5.41) is 5.83. The van der Waals surface area contributed by atoms with Gasteiger partial charge in [0.1, 0.15) is 5.54 Å². The van der Waals surface area contributed by atoms with Crippen LogP contribution in [0, 0.1) is 0 Å². The Bertz CT molecular complexity index is 589. The molecule has 3 rings (SSSR count). The van der Waals surface area contributed by atoms with E-state index in [-0.39, 0.29) is 11.9 Å². The zero-order valence-electron chi connectivity index (χ0n) is 14.3. The van der Waals surface area contributed by atoms with E-state index in [1.165, 1.54) is 4.90 Å². The van der Waals surface area contributed by atoms with Gasteiger partial charge < -0.3 is 15.1 Å². The highest BCUT2D eigenvalue weighted by atomic mass is 32.1. The first-order valence-electron chi connectivity index (χ1n) is 8.48. The van der Waals surface area contributed by atoms with Crippen LogP contribution in [0.4, 0.5) is 9.93 Å². The molecule has 0 radical (unpaired) electrons. The van der Waals surface area contributed by atoms with E-state index in [9.17, 15) is 9.59 Å². The van der Waals surface area contributed by atoms with Gasteiger partial charge in [-0.2, -0.15) is 0 Å². The number of hydrogen-bond donors (Lipinski definition) is 1. The molecule has 1 N–H and O–H groups in total.